The molecule has 0 saturated carbocycles. The molecule has 0 fully saturated rings. The number of hydrogen-bond acceptors (Lipinski definition) is 5. The fourth-order valence-electron chi connectivity index (χ4n) is 2.35. The van der Waals surface area contributed by atoms with Crippen LogP contribution in [0.15, 0.2) is 39.3 Å². The molecule has 0 bridgehead atoms. The molecule has 0 aliphatic carbocycles. The number of anilines is 1. The van der Waals surface area contributed by atoms with Gasteiger partial charge in [-0.25, -0.2) is 0 Å². The third-order valence-electron chi connectivity index (χ3n) is 3.90. The molecule has 0 aliphatic heterocycles. The molecule has 2 amide bonds. The summed E-state index contributed by atoms with van der Waals surface area (Å²) in [4.78, 5) is 24.2. The maximum atomic E-state index is 12.1. The lowest BCUT2D eigenvalue weighted by Gasteiger charge is -2.15. The minimum atomic E-state index is -0.370. The second-order valence-electron chi connectivity index (χ2n) is 6.40. The van der Waals surface area contributed by atoms with Crippen LogP contribution in [0.3, 0.4) is 0 Å². The van der Waals surface area contributed by atoms with E-state index in [1.54, 1.807) is 19.9 Å². The van der Waals surface area contributed by atoms with Crippen LogP contribution in [0.25, 0.3) is 0 Å². The van der Waals surface area contributed by atoms with Crippen LogP contribution in [0.2, 0.25) is 0 Å². The Kier molecular flexibility index (Phi) is 8.37. The molecule has 1 heterocycles. The predicted octanol–water partition coefficient (Wildman–Crippen LogP) is 3.94. The number of thioether (sulfide) groups is 1. The van der Waals surface area contributed by atoms with E-state index in [9.17, 15) is 9.59 Å². The largest absolute Gasteiger partial charge is 0.360 e. The summed E-state index contributed by atoms with van der Waals surface area (Å²) >= 11 is 4.71. The fourth-order valence-corrected chi connectivity index (χ4v) is 3.31. The van der Waals surface area contributed by atoms with Gasteiger partial charge in [0.25, 0.3) is 0 Å². The van der Waals surface area contributed by atoms with Crippen molar-refractivity contribution in [3.8, 4) is 0 Å². The summed E-state index contributed by atoms with van der Waals surface area (Å²) in [7, 11) is 0. The Morgan fingerprint density at radius 1 is 1.26 bits per heavy atom. The lowest BCUT2D eigenvalue weighted by molar-refractivity contribution is -0.119. The van der Waals surface area contributed by atoms with Gasteiger partial charge in [-0.2, -0.15) is 0 Å². The lowest BCUT2D eigenvalue weighted by Crippen LogP contribution is -2.35. The number of nitrogens with one attached hydrogen (secondary N) is 2. The normalized spacial score (nSPS) is 13.0. The van der Waals surface area contributed by atoms with Crippen molar-refractivity contribution in [3.05, 3.63) is 46.1 Å². The summed E-state index contributed by atoms with van der Waals surface area (Å²) in [6.45, 7) is 5.50. The number of carbonyl (C=O) groups is 2. The van der Waals surface area contributed by atoms with Crippen molar-refractivity contribution in [2.45, 2.75) is 44.9 Å². The molecule has 8 heteroatoms. The Balaban J connectivity index is 1.66. The number of nitrogens with zero attached hydrogens (tertiary/aromatic N) is 1. The maximum Gasteiger partial charge on any atom is 0.238 e. The Hall–Kier alpha value is -1.80. The van der Waals surface area contributed by atoms with Gasteiger partial charge < -0.3 is 15.2 Å². The van der Waals surface area contributed by atoms with E-state index in [2.05, 4.69) is 43.9 Å². The highest BCUT2D eigenvalue weighted by molar-refractivity contribution is 9.10. The zero-order valence-electron chi connectivity index (χ0n) is 15.6. The van der Waals surface area contributed by atoms with Crippen molar-refractivity contribution in [2.75, 3.05) is 11.1 Å². The molecular weight excluding hydrogens is 430 g/mol. The topological polar surface area (TPSA) is 84.2 Å². The first kappa shape index (κ1) is 21.5. The van der Waals surface area contributed by atoms with Crippen molar-refractivity contribution in [1.29, 1.82) is 0 Å². The summed E-state index contributed by atoms with van der Waals surface area (Å²) in [5.74, 6) is 0.970. The number of hydrogen-bond donors (Lipinski definition) is 2. The average Bonchev–Trinajstić information content (AvgIpc) is 3.03. The molecular formula is C19H24BrN3O3S. The number of aryl methyl sites for hydroxylation is 2. The van der Waals surface area contributed by atoms with Crippen LogP contribution in [0.5, 0.6) is 0 Å². The van der Waals surface area contributed by atoms with Crippen LogP contribution in [0.4, 0.5) is 5.82 Å². The molecule has 2 unspecified atom stereocenters. The molecule has 0 saturated heterocycles. The van der Waals surface area contributed by atoms with Gasteiger partial charge in [-0.15, -0.1) is 11.8 Å². The van der Waals surface area contributed by atoms with Gasteiger partial charge >= 0.3 is 0 Å². The molecule has 2 N–H and O–H groups in total. The molecule has 146 valence electrons. The van der Waals surface area contributed by atoms with Gasteiger partial charge in [0.05, 0.1) is 11.0 Å². The Morgan fingerprint density at radius 3 is 2.59 bits per heavy atom. The van der Waals surface area contributed by atoms with Gasteiger partial charge in [0.1, 0.15) is 5.76 Å². The third-order valence-corrected chi connectivity index (χ3v) is 5.57. The van der Waals surface area contributed by atoms with Crippen LogP contribution in [-0.2, 0) is 16.0 Å². The van der Waals surface area contributed by atoms with Gasteiger partial charge in [-0.3, -0.25) is 9.59 Å². The molecule has 2 atom stereocenters. The zero-order chi connectivity index (χ0) is 19.8. The molecule has 0 aliphatic rings. The fraction of sp³-hybridized carbons (Fsp3) is 0.421. The smallest absolute Gasteiger partial charge is 0.238 e. The number of aromatic nitrogens is 1. The van der Waals surface area contributed by atoms with Crippen LogP contribution >= 0.6 is 27.7 Å². The summed E-state index contributed by atoms with van der Waals surface area (Å²) in [6.07, 6.45) is 1.76. The molecule has 1 aromatic heterocycles. The minimum absolute atomic E-state index is 0.0692. The van der Waals surface area contributed by atoms with Crippen LogP contribution in [0.1, 0.15) is 31.6 Å². The van der Waals surface area contributed by atoms with Gasteiger partial charge in [-0.05, 0) is 51.3 Å². The first-order chi connectivity index (χ1) is 12.8. The van der Waals surface area contributed by atoms with Gasteiger partial charge in [0, 0.05) is 16.6 Å². The summed E-state index contributed by atoms with van der Waals surface area (Å²) < 4.78 is 5.97. The monoisotopic (exact) mass is 453 g/mol. The highest BCUT2D eigenvalue weighted by atomic mass is 79.9. The first-order valence-corrected chi connectivity index (χ1v) is 10.6. The van der Waals surface area contributed by atoms with E-state index in [1.807, 2.05) is 19.1 Å². The van der Waals surface area contributed by atoms with Crippen molar-refractivity contribution < 1.29 is 14.1 Å². The van der Waals surface area contributed by atoms with Crippen LogP contribution in [-0.4, -0.2) is 34.0 Å². The summed E-state index contributed by atoms with van der Waals surface area (Å²) in [6, 6.07) is 9.90. The van der Waals surface area contributed by atoms with E-state index in [-0.39, 0.29) is 28.9 Å². The van der Waals surface area contributed by atoms with Crippen molar-refractivity contribution in [3.63, 3.8) is 0 Å². The molecule has 2 rings (SSSR count). The van der Waals surface area contributed by atoms with E-state index >= 15 is 0 Å². The Bertz CT molecular complexity index is 764. The average molecular weight is 454 g/mol. The molecule has 6 nitrogen and oxygen atoms in total. The standard InChI is InChI=1S/C19H24BrN3O3S/c1-12(4-5-15-6-8-16(20)9-7-15)21-18(24)11-27-14(3)19(25)22-17-10-13(2)26-23-17/h6-10,12,14H,4-5,11H2,1-3H3,(H,21,24)(H,22,23,25). The number of benzene rings is 1. The zero-order valence-corrected chi connectivity index (χ0v) is 18.0. The second kappa shape index (κ2) is 10.5. The van der Waals surface area contributed by atoms with Crippen molar-refractivity contribution >= 4 is 45.3 Å². The highest BCUT2D eigenvalue weighted by Crippen LogP contribution is 2.15. The van der Waals surface area contributed by atoms with E-state index in [4.69, 9.17) is 4.52 Å². The lowest BCUT2D eigenvalue weighted by atomic mass is 10.1. The minimum Gasteiger partial charge on any atom is -0.360 e. The number of halogens is 1. The maximum absolute atomic E-state index is 12.1. The van der Waals surface area contributed by atoms with E-state index < -0.39 is 0 Å². The van der Waals surface area contributed by atoms with Crippen LogP contribution < -0.4 is 10.6 Å². The predicted molar refractivity (Wildman–Crippen MR) is 112 cm³/mol. The highest BCUT2D eigenvalue weighted by Gasteiger charge is 2.17. The SMILES string of the molecule is Cc1cc(NC(=O)C(C)SCC(=O)NC(C)CCc2ccc(Br)cc2)no1. The molecule has 0 spiro atoms. The van der Waals surface area contributed by atoms with Crippen molar-refractivity contribution in [1.82, 2.24) is 10.5 Å². The van der Waals surface area contributed by atoms with E-state index in [1.165, 1.54) is 17.3 Å². The number of rotatable bonds is 9. The third kappa shape index (κ3) is 7.76. The first-order valence-electron chi connectivity index (χ1n) is 8.73. The number of amides is 2. The van der Waals surface area contributed by atoms with Gasteiger partial charge in [0.15, 0.2) is 5.82 Å². The quantitative estimate of drug-likeness (QED) is 0.600. The van der Waals surface area contributed by atoms with Crippen molar-refractivity contribution in [2.24, 2.45) is 0 Å². The number of carbonyl (C=O) groups excluding carboxylic acids is 2. The summed E-state index contributed by atoms with van der Waals surface area (Å²) in [5.41, 5.74) is 1.24. The molecule has 2 aromatic rings. The van der Waals surface area contributed by atoms with Gasteiger partial charge in [-0.1, -0.05) is 33.2 Å². The van der Waals surface area contributed by atoms with Gasteiger partial charge in [0.2, 0.25) is 11.8 Å². The summed E-state index contributed by atoms with van der Waals surface area (Å²) in [5, 5.41) is 9.01. The van der Waals surface area contributed by atoms with E-state index in [0.717, 1.165) is 17.3 Å². The van der Waals surface area contributed by atoms with E-state index in [0.29, 0.717) is 11.6 Å². The second-order valence-corrected chi connectivity index (χ2v) is 8.64. The Labute approximate surface area is 172 Å². The molecule has 1 aromatic carbocycles. The van der Waals surface area contributed by atoms with Crippen LogP contribution in [0, 0.1) is 6.92 Å². The Morgan fingerprint density at radius 2 is 1.96 bits per heavy atom. The molecule has 0 radical (unpaired) electrons. The molecule has 27 heavy (non-hydrogen) atoms.